The Morgan fingerprint density at radius 1 is 1.05 bits per heavy atom. The van der Waals surface area contributed by atoms with Gasteiger partial charge in [0.1, 0.15) is 0 Å². The summed E-state index contributed by atoms with van der Waals surface area (Å²) in [6.07, 6.45) is 0. The number of hydrogen-bond acceptors (Lipinski definition) is 3. The zero-order valence-corrected chi connectivity index (χ0v) is 12.4. The van der Waals surface area contributed by atoms with Crippen molar-refractivity contribution in [3.8, 4) is 0 Å². The van der Waals surface area contributed by atoms with Gasteiger partial charge in [-0.1, -0.05) is 24.3 Å². The molecule has 0 radical (unpaired) electrons. The van der Waals surface area contributed by atoms with E-state index < -0.39 is 5.97 Å². The van der Waals surface area contributed by atoms with Crippen LogP contribution < -0.4 is 16.3 Å². The van der Waals surface area contributed by atoms with Gasteiger partial charge in [0.25, 0.3) is 0 Å². The predicted molar refractivity (Wildman–Crippen MR) is 84.2 cm³/mol. The average molecular weight is 298 g/mol. The van der Waals surface area contributed by atoms with E-state index in [2.05, 4.69) is 5.73 Å². The highest BCUT2D eigenvalue weighted by Crippen LogP contribution is 2.18. The summed E-state index contributed by atoms with van der Waals surface area (Å²) in [5.41, 5.74) is 4.62. The lowest BCUT2D eigenvalue weighted by molar-refractivity contribution is -0.361. The Balaban J connectivity index is 0.000000545. The average Bonchev–Trinajstić information content (AvgIpc) is 2.52. The third-order valence-electron chi connectivity index (χ3n) is 3.17. The van der Waals surface area contributed by atoms with E-state index in [4.69, 9.17) is 0 Å². The fraction of sp³-hybridized carbons (Fsp3) is 0.176. The molecule has 0 aliphatic rings. The first kappa shape index (κ1) is 15.7. The molecule has 3 rings (SSSR count). The molecule has 0 saturated carbocycles. The minimum atomic E-state index is -1.18. The summed E-state index contributed by atoms with van der Waals surface area (Å²) in [5, 5.41) is 12.0. The lowest BCUT2D eigenvalue weighted by atomic mass is 10.1. The molecule has 0 unspecified atom stereocenters. The van der Waals surface area contributed by atoms with E-state index in [-0.39, 0.29) is 12.0 Å². The van der Waals surface area contributed by atoms with Crippen LogP contribution in [-0.4, -0.2) is 17.1 Å². The topological polar surface area (TPSA) is 89.8 Å². The van der Waals surface area contributed by atoms with Crippen molar-refractivity contribution in [1.29, 1.82) is 0 Å². The van der Waals surface area contributed by atoms with Crippen LogP contribution in [0.5, 0.6) is 0 Å². The van der Waals surface area contributed by atoms with Crippen molar-refractivity contribution in [2.45, 2.75) is 13.5 Å². The number of pyridine rings is 1. The molecule has 0 bridgehead atoms. The molecule has 22 heavy (non-hydrogen) atoms. The quantitative estimate of drug-likeness (QED) is 0.683. The van der Waals surface area contributed by atoms with E-state index in [1.165, 1.54) is 0 Å². The Labute approximate surface area is 127 Å². The van der Waals surface area contributed by atoms with Crippen molar-refractivity contribution in [3.05, 3.63) is 58.8 Å². The second kappa shape index (κ2) is 6.87. The summed E-state index contributed by atoms with van der Waals surface area (Å²) in [7, 11) is 0. The van der Waals surface area contributed by atoms with Gasteiger partial charge in [-0.2, -0.15) is 0 Å². The van der Waals surface area contributed by atoms with E-state index >= 15 is 0 Å². The van der Waals surface area contributed by atoms with Crippen LogP contribution in [-0.2, 0) is 11.3 Å². The van der Waals surface area contributed by atoms with E-state index in [0.717, 1.165) is 6.54 Å². The maximum absolute atomic E-state index is 12.3. The summed E-state index contributed by atoms with van der Waals surface area (Å²) < 4.78 is 1.60. The highest BCUT2D eigenvalue weighted by atomic mass is 16.4. The summed E-state index contributed by atoms with van der Waals surface area (Å²) >= 11 is 0. The minimum Gasteiger partial charge on any atom is -0.548 e. The number of carbonyl (C=O) groups is 1. The molecule has 5 heteroatoms. The van der Waals surface area contributed by atoms with E-state index in [9.17, 15) is 14.7 Å². The first-order valence-corrected chi connectivity index (χ1v) is 7.09. The van der Waals surface area contributed by atoms with Crippen molar-refractivity contribution in [2.75, 3.05) is 6.54 Å². The van der Waals surface area contributed by atoms with Gasteiger partial charge in [-0.15, -0.1) is 0 Å². The van der Waals surface area contributed by atoms with Crippen LogP contribution in [0.25, 0.3) is 21.8 Å². The Morgan fingerprint density at radius 2 is 1.45 bits per heavy atom. The molecule has 0 amide bonds. The fourth-order valence-corrected chi connectivity index (χ4v) is 2.38. The second-order valence-corrected chi connectivity index (χ2v) is 4.82. The fourth-order valence-electron chi connectivity index (χ4n) is 2.38. The summed E-state index contributed by atoms with van der Waals surface area (Å²) in [6.45, 7) is 2.74. The van der Waals surface area contributed by atoms with Gasteiger partial charge in [0.05, 0.1) is 30.1 Å². The van der Waals surface area contributed by atoms with Crippen LogP contribution in [0, 0.1) is 0 Å². The lowest BCUT2D eigenvalue weighted by Gasteiger charge is -2.15. The van der Waals surface area contributed by atoms with Crippen molar-refractivity contribution >= 4 is 27.8 Å². The molecular formula is C17H18N2O3. The third kappa shape index (κ3) is 2.99. The molecule has 3 N–H and O–H groups in total. The standard InChI is InChI=1S/C15H11NO3.C2H7N/c17-14(18)9-16-12-7-3-1-5-10(12)15(19)11-6-2-4-8-13(11)16;1-2-3/h1-8H,9H2,(H,17,18);2-3H2,1H3. The highest BCUT2D eigenvalue weighted by molar-refractivity contribution is 5.94. The van der Waals surface area contributed by atoms with Crippen LogP contribution in [0.15, 0.2) is 53.3 Å². The molecule has 2 aromatic carbocycles. The first-order valence-electron chi connectivity index (χ1n) is 7.09. The molecule has 1 aromatic heterocycles. The molecule has 0 saturated heterocycles. The van der Waals surface area contributed by atoms with Crippen LogP contribution in [0.2, 0.25) is 0 Å². The Bertz CT molecular complexity index is 809. The summed E-state index contributed by atoms with van der Waals surface area (Å²) in [6, 6.07) is 14.0. The second-order valence-electron chi connectivity index (χ2n) is 4.82. The molecule has 0 fully saturated rings. The van der Waals surface area contributed by atoms with Crippen molar-refractivity contribution < 1.29 is 15.6 Å². The number of carboxylic acids is 1. The number of carboxylic acid groups (broad SMARTS) is 1. The van der Waals surface area contributed by atoms with Gasteiger partial charge < -0.3 is 20.2 Å². The summed E-state index contributed by atoms with van der Waals surface area (Å²) in [5.74, 6) is -1.18. The number of fused-ring (bicyclic) bond motifs is 2. The Hall–Kier alpha value is -2.66. The Morgan fingerprint density at radius 3 is 1.86 bits per heavy atom. The summed E-state index contributed by atoms with van der Waals surface area (Å²) in [4.78, 5) is 23.3. The van der Waals surface area contributed by atoms with E-state index in [1.54, 1.807) is 53.1 Å². The van der Waals surface area contributed by atoms with Gasteiger partial charge in [0, 0.05) is 10.8 Å². The molecule has 1 heterocycles. The van der Waals surface area contributed by atoms with Gasteiger partial charge in [0.2, 0.25) is 0 Å². The number of aliphatic carboxylic acids is 1. The van der Waals surface area contributed by atoms with Crippen LogP contribution in [0.1, 0.15) is 6.92 Å². The Kier molecular flexibility index (Phi) is 4.91. The monoisotopic (exact) mass is 298 g/mol. The first-order chi connectivity index (χ1) is 10.6. The lowest BCUT2D eigenvalue weighted by Crippen LogP contribution is -2.48. The number of aromatic nitrogens is 1. The zero-order chi connectivity index (χ0) is 16.1. The van der Waals surface area contributed by atoms with Crippen molar-refractivity contribution in [3.63, 3.8) is 0 Å². The van der Waals surface area contributed by atoms with Gasteiger partial charge in [0.15, 0.2) is 5.43 Å². The molecule has 0 spiro atoms. The van der Waals surface area contributed by atoms with E-state index in [1.807, 2.05) is 6.92 Å². The largest absolute Gasteiger partial charge is 0.548 e. The van der Waals surface area contributed by atoms with Crippen molar-refractivity contribution in [2.24, 2.45) is 0 Å². The number of benzene rings is 2. The molecule has 0 aliphatic heterocycles. The van der Waals surface area contributed by atoms with Crippen LogP contribution >= 0.6 is 0 Å². The third-order valence-corrected chi connectivity index (χ3v) is 3.17. The number of quaternary nitrogens is 1. The zero-order valence-electron chi connectivity index (χ0n) is 12.4. The molecule has 114 valence electrons. The van der Waals surface area contributed by atoms with Crippen molar-refractivity contribution in [1.82, 2.24) is 4.57 Å². The van der Waals surface area contributed by atoms with Crippen LogP contribution in [0.3, 0.4) is 0 Å². The maximum Gasteiger partial charge on any atom is 0.197 e. The van der Waals surface area contributed by atoms with Gasteiger partial charge in [-0.3, -0.25) is 4.79 Å². The van der Waals surface area contributed by atoms with E-state index in [0.29, 0.717) is 21.8 Å². The number of para-hydroxylation sites is 2. The smallest absolute Gasteiger partial charge is 0.197 e. The predicted octanol–water partition coefficient (Wildman–Crippen LogP) is 0.153. The van der Waals surface area contributed by atoms with Crippen LogP contribution in [0.4, 0.5) is 0 Å². The highest BCUT2D eigenvalue weighted by Gasteiger charge is 2.09. The van der Waals surface area contributed by atoms with Gasteiger partial charge >= 0.3 is 0 Å². The molecule has 0 atom stereocenters. The molecule has 0 aliphatic carbocycles. The number of rotatable bonds is 2. The number of nitrogens with zero attached hydrogens (tertiary/aromatic N) is 1. The number of carbonyl (C=O) groups excluding carboxylic acids is 1. The van der Waals surface area contributed by atoms with Gasteiger partial charge in [-0.25, -0.2) is 0 Å². The van der Waals surface area contributed by atoms with Gasteiger partial charge in [-0.05, 0) is 31.2 Å². The molecule has 5 nitrogen and oxygen atoms in total. The molecule has 3 aromatic rings. The maximum atomic E-state index is 12.3. The molecular weight excluding hydrogens is 280 g/mol. The normalized spacial score (nSPS) is 10.3. The number of hydrogen-bond donors (Lipinski definition) is 1. The SMILES string of the molecule is CC[NH3+].O=C([O-])Cn1c2ccccc2c(=O)c2ccccc21. The minimum absolute atomic E-state index is 0.0826.